The molecule has 1 amide bonds. The highest BCUT2D eigenvalue weighted by molar-refractivity contribution is 7.98. The van der Waals surface area contributed by atoms with E-state index < -0.39 is 12.5 Å². The monoisotopic (exact) mass is 495 g/mol. The van der Waals surface area contributed by atoms with Gasteiger partial charge in [-0.1, -0.05) is 44.2 Å². The van der Waals surface area contributed by atoms with E-state index in [1.54, 1.807) is 54.2 Å². The molecule has 0 spiro atoms. The first kappa shape index (κ1) is 26.2. The molecule has 7 heteroatoms. The average molecular weight is 496 g/mol. The third kappa shape index (κ3) is 7.52. The topological polar surface area (TPSA) is 55.4 Å². The molecule has 35 heavy (non-hydrogen) atoms. The average Bonchev–Trinajstić information content (AvgIpc) is 2.84. The molecule has 0 heterocycles. The van der Waals surface area contributed by atoms with Gasteiger partial charge in [0, 0.05) is 16.1 Å². The van der Waals surface area contributed by atoms with Crippen molar-refractivity contribution in [3.63, 3.8) is 0 Å². The number of alkyl halides is 2. The Morgan fingerprint density at radius 1 is 0.914 bits per heavy atom. The van der Waals surface area contributed by atoms with E-state index in [9.17, 15) is 18.4 Å². The Hall–Kier alpha value is -3.45. The molecule has 1 N–H and O–H groups in total. The molecule has 0 bridgehead atoms. The lowest BCUT2D eigenvalue weighted by molar-refractivity contribution is -0.118. The Morgan fingerprint density at radius 2 is 1.54 bits per heavy atom. The Kier molecular flexibility index (Phi) is 9.20. The van der Waals surface area contributed by atoms with Gasteiger partial charge in [0.1, 0.15) is 5.75 Å². The molecule has 0 aliphatic heterocycles. The fourth-order valence-electron chi connectivity index (χ4n) is 3.62. The Bertz CT molecular complexity index is 1160. The zero-order valence-corrected chi connectivity index (χ0v) is 20.5. The fourth-order valence-corrected chi connectivity index (χ4v) is 4.02. The molecule has 3 aromatic carbocycles. The van der Waals surface area contributed by atoms with E-state index >= 15 is 0 Å². The highest BCUT2D eigenvalue weighted by Crippen LogP contribution is 2.28. The molecular weight excluding hydrogens is 468 g/mol. The van der Waals surface area contributed by atoms with Crippen molar-refractivity contribution >= 4 is 35.2 Å². The Morgan fingerprint density at radius 3 is 2.09 bits per heavy atom. The van der Waals surface area contributed by atoms with Crippen LogP contribution < -0.4 is 10.1 Å². The van der Waals surface area contributed by atoms with Crippen molar-refractivity contribution in [3.8, 4) is 5.75 Å². The summed E-state index contributed by atoms with van der Waals surface area (Å²) < 4.78 is 29.2. The molecule has 0 saturated carbocycles. The summed E-state index contributed by atoms with van der Waals surface area (Å²) in [6.07, 6.45) is 5.31. The highest BCUT2D eigenvalue weighted by atomic mass is 32.2. The van der Waals surface area contributed by atoms with Crippen molar-refractivity contribution in [1.82, 2.24) is 0 Å². The minimum atomic E-state index is -2.90. The first-order valence-electron chi connectivity index (χ1n) is 11.1. The SMILES string of the molecule is CSc1ccc(C=CC(=O)c2ccc(NC(=O)C(c3ccc(OC(F)F)cc3)C(C)C)cc2)cc1. The molecule has 182 valence electrons. The summed E-state index contributed by atoms with van der Waals surface area (Å²) in [4.78, 5) is 26.7. The van der Waals surface area contributed by atoms with E-state index in [0.717, 1.165) is 10.5 Å². The lowest BCUT2D eigenvalue weighted by Gasteiger charge is -2.21. The molecule has 0 aliphatic carbocycles. The smallest absolute Gasteiger partial charge is 0.387 e. The number of thioether (sulfide) groups is 1. The van der Waals surface area contributed by atoms with Crippen LogP contribution in [-0.4, -0.2) is 24.6 Å². The number of halogens is 2. The Balaban J connectivity index is 1.65. The molecule has 0 aliphatic rings. The third-order valence-corrected chi connectivity index (χ3v) is 6.14. The standard InChI is InChI=1S/C28H27F2NO3S/c1-18(2)26(21-9-13-23(14-10-21)34-28(29)30)27(33)31-22-11-7-20(8-12-22)25(32)17-6-19-4-15-24(35-3)16-5-19/h4-18,26,28H,1-3H3,(H,31,33). The molecule has 0 fully saturated rings. The van der Waals surface area contributed by atoms with Crippen molar-refractivity contribution < 1.29 is 23.1 Å². The number of hydrogen-bond acceptors (Lipinski definition) is 4. The number of nitrogens with one attached hydrogen (secondary N) is 1. The maximum Gasteiger partial charge on any atom is 0.387 e. The van der Waals surface area contributed by atoms with Crippen molar-refractivity contribution in [1.29, 1.82) is 0 Å². The zero-order valence-electron chi connectivity index (χ0n) is 19.7. The van der Waals surface area contributed by atoms with Crippen LogP contribution in [0.25, 0.3) is 6.08 Å². The quantitative estimate of drug-likeness (QED) is 0.182. The van der Waals surface area contributed by atoms with Gasteiger partial charge in [-0.05, 0) is 77.9 Å². The number of anilines is 1. The number of hydrogen-bond donors (Lipinski definition) is 1. The van der Waals surface area contributed by atoms with E-state index in [4.69, 9.17) is 0 Å². The molecule has 4 nitrogen and oxygen atoms in total. The van der Waals surface area contributed by atoms with Gasteiger partial charge in [-0.3, -0.25) is 9.59 Å². The normalized spacial score (nSPS) is 12.2. The van der Waals surface area contributed by atoms with E-state index in [0.29, 0.717) is 16.8 Å². The number of allylic oxidation sites excluding steroid dienone is 1. The first-order chi connectivity index (χ1) is 16.8. The van der Waals surface area contributed by atoms with Gasteiger partial charge in [-0.2, -0.15) is 8.78 Å². The summed E-state index contributed by atoms with van der Waals surface area (Å²) in [5, 5.41) is 2.88. The first-order valence-corrected chi connectivity index (χ1v) is 12.3. The maximum atomic E-state index is 13.0. The van der Waals surface area contributed by atoms with Gasteiger partial charge in [-0.25, -0.2) is 0 Å². The van der Waals surface area contributed by atoms with Crippen molar-refractivity contribution in [2.24, 2.45) is 5.92 Å². The van der Waals surface area contributed by atoms with E-state index in [1.807, 2.05) is 44.4 Å². The minimum Gasteiger partial charge on any atom is -0.435 e. The number of carbonyl (C=O) groups excluding carboxylic acids is 2. The lowest BCUT2D eigenvalue weighted by atomic mass is 9.87. The second-order valence-corrected chi connectivity index (χ2v) is 9.09. The summed E-state index contributed by atoms with van der Waals surface area (Å²) in [5.74, 6) is -0.846. The number of benzene rings is 3. The fraction of sp³-hybridized carbons (Fsp3) is 0.214. The van der Waals surface area contributed by atoms with Crippen molar-refractivity contribution in [3.05, 3.63) is 95.6 Å². The minimum absolute atomic E-state index is 0.0344. The molecular formula is C28H27F2NO3S. The largest absolute Gasteiger partial charge is 0.435 e. The number of carbonyl (C=O) groups is 2. The van der Waals surface area contributed by atoms with Crippen LogP contribution in [0, 0.1) is 5.92 Å². The third-order valence-electron chi connectivity index (χ3n) is 5.39. The van der Waals surface area contributed by atoms with E-state index in [2.05, 4.69) is 10.1 Å². The molecule has 0 aromatic heterocycles. The van der Waals surface area contributed by atoms with Gasteiger partial charge in [0.15, 0.2) is 5.78 Å². The van der Waals surface area contributed by atoms with Gasteiger partial charge < -0.3 is 10.1 Å². The van der Waals surface area contributed by atoms with E-state index in [-0.39, 0.29) is 23.4 Å². The molecule has 0 saturated heterocycles. The van der Waals surface area contributed by atoms with E-state index in [1.165, 1.54) is 18.2 Å². The second kappa shape index (κ2) is 12.3. The Labute approximate surface area is 208 Å². The van der Waals surface area contributed by atoms with Crippen LogP contribution in [-0.2, 0) is 4.79 Å². The van der Waals surface area contributed by atoms with Crippen LogP contribution in [0.5, 0.6) is 5.75 Å². The van der Waals surface area contributed by atoms with Crippen LogP contribution >= 0.6 is 11.8 Å². The summed E-state index contributed by atoms with van der Waals surface area (Å²) >= 11 is 1.66. The van der Waals surface area contributed by atoms with Crippen LogP contribution in [0.2, 0.25) is 0 Å². The summed E-state index contributed by atoms with van der Waals surface area (Å²) in [6, 6.07) is 20.7. The molecule has 1 unspecified atom stereocenters. The number of amides is 1. The van der Waals surface area contributed by atoms with Crippen LogP contribution in [0.1, 0.15) is 41.3 Å². The van der Waals surface area contributed by atoms with Crippen molar-refractivity contribution in [2.45, 2.75) is 31.3 Å². The van der Waals surface area contributed by atoms with Crippen LogP contribution in [0.4, 0.5) is 14.5 Å². The number of ketones is 1. The van der Waals surface area contributed by atoms with Crippen molar-refractivity contribution in [2.75, 3.05) is 11.6 Å². The van der Waals surface area contributed by atoms with Gasteiger partial charge in [0.2, 0.25) is 5.91 Å². The predicted molar refractivity (Wildman–Crippen MR) is 137 cm³/mol. The summed E-state index contributed by atoms with van der Waals surface area (Å²) in [7, 11) is 0. The van der Waals surface area contributed by atoms with Gasteiger partial charge in [0.05, 0.1) is 5.92 Å². The molecule has 3 aromatic rings. The molecule has 0 radical (unpaired) electrons. The summed E-state index contributed by atoms with van der Waals surface area (Å²) in [5.41, 5.74) is 2.71. The molecule has 3 rings (SSSR count). The second-order valence-electron chi connectivity index (χ2n) is 8.21. The highest BCUT2D eigenvalue weighted by Gasteiger charge is 2.24. The van der Waals surface area contributed by atoms with Gasteiger partial charge >= 0.3 is 6.61 Å². The van der Waals surface area contributed by atoms with Gasteiger partial charge in [0.25, 0.3) is 0 Å². The summed E-state index contributed by atoms with van der Waals surface area (Å²) in [6.45, 7) is 0.925. The van der Waals surface area contributed by atoms with Gasteiger partial charge in [-0.15, -0.1) is 11.8 Å². The zero-order chi connectivity index (χ0) is 25.4. The maximum absolute atomic E-state index is 13.0. The predicted octanol–water partition coefficient (Wildman–Crippen LogP) is 7.28. The lowest BCUT2D eigenvalue weighted by Crippen LogP contribution is -2.25. The number of ether oxygens (including phenoxy) is 1. The van der Waals surface area contributed by atoms with Crippen LogP contribution in [0.3, 0.4) is 0 Å². The van der Waals surface area contributed by atoms with Crippen LogP contribution in [0.15, 0.2) is 83.8 Å². The number of rotatable bonds is 10. The molecule has 1 atom stereocenters.